The average molecular weight is 471 g/mol. The first-order valence-corrected chi connectivity index (χ1v) is 11.7. The van der Waals surface area contributed by atoms with Crippen LogP contribution in [-0.4, -0.2) is 43.3 Å². The molecule has 2 heterocycles. The lowest BCUT2D eigenvalue weighted by molar-refractivity contribution is -0.147. The molecule has 1 fully saturated rings. The number of carboxylic acids is 1. The summed E-state index contributed by atoms with van der Waals surface area (Å²) >= 11 is 6.44. The summed E-state index contributed by atoms with van der Waals surface area (Å²) in [7, 11) is 0. The number of carbonyl (C=O) groups is 2. The van der Waals surface area contributed by atoms with E-state index in [9.17, 15) is 14.7 Å². The van der Waals surface area contributed by atoms with Crippen LogP contribution < -0.4 is 4.74 Å². The second-order valence-electron chi connectivity index (χ2n) is 7.88. The molecule has 3 rings (SSSR count). The monoisotopic (exact) mass is 470 g/mol. The number of thioether (sulfide) groups is 1. The topological polar surface area (TPSA) is 79.7 Å². The van der Waals surface area contributed by atoms with Crippen LogP contribution in [0.25, 0.3) is 17.2 Å². The second-order valence-corrected chi connectivity index (χ2v) is 9.56. The minimum atomic E-state index is -1.05. The van der Waals surface area contributed by atoms with Crippen LogP contribution in [0.3, 0.4) is 0 Å². The van der Waals surface area contributed by atoms with Gasteiger partial charge in [-0.3, -0.25) is 14.7 Å². The quantitative estimate of drug-likeness (QED) is 0.418. The largest absolute Gasteiger partial charge is 0.491 e. The van der Waals surface area contributed by atoms with Crippen LogP contribution in [0.1, 0.15) is 39.8 Å². The normalized spacial score (nSPS) is 17.2. The first kappa shape index (κ1) is 23.9. The number of aliphatic carboxylic acids is 1. The predicted octanol–water partition coefficient (Wildman–Crippen LogP) is 5.24. The van der Waals surface area contributed by atoms with Gasteiger partial charge in [0.15, 0.2) is 0 Å². The van der Waals surface area contributed by atoms with Crippen LogP contribution in [0.2, 0.25) is 0 Å². The lowest BCUT2D eigenvalue weighted by Gasteiger charge is -2.27. The number of nitrogens with zero attached hydrogens (tertiary/aromatic N) is 2. The molecule has 1 saturated heterocycles. The summed E-state index contributed by atoms with van der Waals surface area (Å²) in [5.41, 5.74) is 2.54. The van der Waals surface area contributed by atoms with Crippen molar-refractivity contribution in [3.8, 4) is 16.9 Å². The standard InChI is InChI=1S/C24H26N2O4S2/c1-5-15(4)21(23(28)29)26-22(27)20(32-24(26)31)12-18-9-6-17(13-25-18)16-7-10-19(11-8-16)30-14(2)3/h6-15,21H,5H2,1-4H3,(H,28,29)/b20-12-/t15-,21+/m1/s1. The van der Waals surface area contributed by atoms with Crippen molar-refractivity contribution in [3.05, 3.63) is 53.2 Å². The molecule has 1 aromatic heterocycles. The maximum atomic E-state index is 12.9. The molecule has 1 aromatic carbocycles. The number of benzene rings is 1. The van der Waals surface area contributed by atoms with Gasteiger partial charge in [0.05, 0.1) is 16.7 Å². The molecule has 0 bridgehead atoms. The number of thiocarbonyl (C=S) groups is 1. The Morgan fingerprint density at radius 3 is 2.38 bits per heavy atom. The molecule has 0 spiro atoms. The maximum Gasteiger partial charge on any atom is 0.327 e. The van der Waals surface area contributed by atoms with Gasteiger partial charge < -0.3 is 9.84 Å². The van der Waals surface area contributed by atoms with Crippen molar-refractivity contribution < 1.29 is 19.4 Å². The third-order valence-electron chi connectivity index (χ3n) is 5.16. The van der Waals surface area contributed by atoms with Gasteiger partial charge in [0.2, 0.25) is 0 Å². The van der Waals surface area contributed by atoms with Crippen molar-refractivity contribution >= 4 is 46.3 Å². The van der Waals surface area contributed by atoms with E-state index in [-0.39, 0.29) is 22.2 Å². The van der Waals surface area contributed by atoms with Gasteiger partial charge in [-0.15, -0.1) is 0 Å². The fourth-order valence-electron chi connectivity index (χ4n) is 3.35. The summed E-state index contributed by atoms with van der Waals surface area (Å²) in [5, 5.41) is 9.64. The molecule has 0 saturated carbocycles. The van der Waals surface area contributed by atoms with Crippen molar-refractivity contribution in [3.63, 3.8) is 0 Å². The van der Waals surface area contributed by atoms with E-state index in [4.69, 9.17) is 17.0 Å². The van der Waals surface area contributed by atoms with Crippen LogP contribution in [-0.2, 0) is 9.59 Å². The van der Waals surface area contributed by atoms with Gasteiger partial charge in [0, 0.05) is 11.8 Å². The summed E-state index contributed by atoms with van der Waals surface area (Å²) < 4.78 is 5.93. The summed E-state index contributed by atoms with van der Waals surface area (Å²) in [6, 6.07) is 10.6. The third kappa shape index (κ3) is 5.37. The summed E-state index contributed by atoms with van der Waals surface area (Å²) in [6.07, 6.45) is 4.13. The smallest absolute Gasteiger partial charge is 0.327 e. The van der Waals surface area contributed by atoms with E-state index < -0.39 is 12.0 Å². The number of carboxylic acid groups (broad SMARTS) is 1. The van der Waals surface area contributed by atoms with E-state index in [0.29, 0.717) is 17.0 Å². The molecule has 1 N–H and O–H groups in total. The minimum Gasteiger partial charge on any atom is -0.491 e. The van der Waals surface area contributed by atoms with E-state index in [1.54, 1.807) is 12.3 Å². The summed E-state index contributed by atoms with van der Waals surface area (Å²) in [5.74, 6) is -0.847. The van der Waals surface area contributed by atoms with Gasteiger partial charge in [-0.25, -0.2) is 4.79 Å². The van der Waals surface area contributed by atoms with Crippen LogP contribution in [0.15, 0.2) is 47.5 Å². The molecular formula is C24H26N2O4S2. The number of aromatic nitrogens is 1. The number of rotatable bonds is 8. The molecule has 0 unspecified atom stereocenters. The Kier molecular flexibility index (Phi) is 7.69. The summed E-state index contributed by atoms with van der Waals surface area (Å²) in [6.45, 7) is 7.67. The average Bonchev–Trinajstić information content (AvgIpc) is 3.02. The molecule has 6 nitrogen and oxygen atoms in total. The van der Waals surface area contributed by atoms with Crippen LogP contribution in [0, 0.1) is 5.92 Å². The third-order valence-corrected chi connectivity index (χ3v) is 6.49. The fourth-order valence-corrected chi connectivity index (χ4v) is 4.66. The van der Waals surface area contributed by atoms with Crippen molar-refractivity contribution in [2.45, 2.75) is 46.3 Å². The summed E-state index contributed by atoms with van der Waals surface area (Å²) in [4.78, 5) is 30.8. The van der Waals surface area contributed by atoms with E-state index in [1.165, 1.54) is 4.90 Å². The van der Waals surface area contributed by atoms with Gasteiger partial charge >= 0.3 is 5.97 Å². The van der Waals surface area contributed by atoms with Crippen molar-refractivity contribution in [2.75, 3.05) is 0 Å². The van der Waals surface area contributed by atoms with Crippen LogP contribution >= 0.6 is 24.0 Å². The molecular weight excluding hydrogens is 444 g/mol. The minimum absolute atomic E-state index is 0.116. The first-order valence-electron chi connectivity index (χ1n) is 10.4. The van der Waals surface area contributed by atoms with Gasteiger partial charge in [0.25, 0.3) is 5.91 Å². The second kappa shape index (κ2) is 10.3. The molecule has 2 atom stereocenters. The van der Waals surface area contributed by atoms with Gasteiger partial charge in [0.1, 0.15) is 16.1 Å². The number of hydrogen-bond acceptors (Lipinski definition) is 6. The van der Waals surface area contributed by atoms with Gasteiger partial charge in [-0.2, -0.15) is 0 Å². The lowest BCUT2D eigenvalue weighted by atomic mass is 9.98. The number of carbonyl (C=O) groups excluding carboxylic acids is 1. The van der Waals surface area contributed by atoms with Gasteiger partial charge in [-0.1, -0.05) is 62.4 Å². The number of amides is 1. The van der Waals surface area contributed by atoms with E-state index in [0.717, 1.165) is 28.6 Å². The Morgan fingerprint density at radius 2 is 1.84 bits per heavy atom. The van der Waals surface area contributed by atoms with E-state index in [1.807, 2.05) is 64.1 Å². The highest BCUT2D eigenvalue weighted by Gasteiger charge is 2.42. The van der Waals surface area contributed by atoms with Gasteiger partial charge in [-0.05, 0) is 49.6 Å². The molecule has 1 aliphatic heterocycles. The zero-order chi connectivity index (χ0) is 23.4. The highest BCUT2D eigenvalue weighted by Crippen LogP contribution is 2.36. The molecule has 1 aliphatic rings. The van der Waals surface area contributed by atoms with E-state index >= 15 is 0 Å². The molecule has 2 aromatic rings. The Bertz CT molecular complexity index is 1030. The Labute approximate surface area is 197 Å². The van der Waals surface area contributed by atoms with E-state index in [2.05, 4.69) is 4.98 Å². The predicted molar refractivity (Wildman–Crippen MR) is 131 cm³/mol. The zero-order valence-electron chi connectivity index (χ0n) is 18.4. The first-order chi connectivity index (χ1) is 15.2. The number of pyridine rings is 1. The molecule has 168 valence electrons. The number of ether oxygens (including phenoxy) is 1. The van der Waals surface area contributed by atoms with Crippen molar-refractivity contribution in [1.82, 2.24) is 9.88 Å². The zero-order valence-corrected chi connectivity index (χ0v) is 20.1. The highest BCUT2D eigenvalue weighted by molar-refractivity contribution is 8.26. The molecule has 1 amide bonds. The fraction of sp³-hybridized carbons (Fsp3) is 0.333. The highest BCUT2D eigenvalue weighted by atomic mass is 32.2. The Balaban J connectivity index is 1.78. The number of hydrogen-bond donors (Lipinski definition) is 1. The molecule has 0 radical (unpaired) electrons. The molecule has 32 heavy (non-hydrogen) atoms. The molecule has 0 aliphatic carbocycles. The van der Waals surface area contributed by atoms with Crippen LogP contribution in [0.4, 0.5) is 0 Å². The lowest BCUT2D eigenvalue weighted by Crippen LogP contribution is -2.47. The Morgan fingerprint density at radius 1 is 1.19 bits per heavy atom. The Hall–Kier alpha value is -2.71. The molecule has 8 heteroatoms. The SMILES string of the molecule is CC[C@@H](C)[C@@H](C(=O)O)N1C(=O)/C(=C/c2ccc(-c3ccc(OC(C)C)cc3)cn2)SC1=S. The van der Waals surface area contributed by atoms with Crippen LogP contribution in [0.5, 0.6) is 5.75 Å². The maximum absolute atomic E-state index is 12.9. The van der Waals surface area contributed by atoms with Crippen molar-refractivity contribution in [2.24, 2.45) is 5.92 Å². The van der Waals surface area contributed by atoms with Crippen molar-refractivity contribution in [1.29, 1.82) is 0 Å².